The third-order valence-corrected chi connectivity index (χ3v) is 3.10. The van der Waals surface area contributed by atoms with E-state index >= 15 is 0 Å². The van der Waals surface area contributed by atoms with E-state index < -0.39 is 5.41 Å². The fourth-order valence-corrected chi connectivity index (χ4v) is 1.76. The van der Waals surface area contributed by atoms with E-state index in [4.69, 9.17) is 5.73 Å². The van der Waals surface area contributed by atoms with Gasteiger partial charge in [0, 0.05) is 26.2 Å². The molecule has 0 atom stereocenters. The summed E-state index contributed by atoms with van der Waals surface area (Å²) >= 11 is 0. The highest BCUT2D eigenvalue weighted by Crippen LogP contribution is 2.18. The van der Waals surface area contributed by atoms with Gasteiger partial charge in [-0.2, -0.15) is 0 Å². The van der Waals surface area contributed by atoms with Gasteiger partial charge in [-0.1, -0.05) is 0 Å². The van der Waals surface area contributed by atoms with Gasteiger partial charge in [0.05, 0.1) is 5.41 Å². The second-order valence-corrected chi connectivity index (χ2v) is 5.04. The summed E-state index contributed by atoms with van der Waals surface area (Å²) in [7, 11) is 2.10. The summed E-state index contributed by atoms with van der Waals surface area (Å²) in [4.78, 5) is 16.4. The minimum absolute atomic E-state index is 0.195. The maximum Gasteiger partial charge on any atom is 0.229 e. The average molecular weight is 213 g/mol. The number of amides is 1. The Balaban J connectivity index is 2.59. The van der Waals surface area contributed by atoms with Crippen molar-refractivity contribution in [3.8, 4) is 0 Å². The molecule has 0 saturated carbocycles. The van der Waals surface area contributed by atoms with Crippen molar-refractivity contribution in [2.24, 2.45) is 11.1 Å². The molecule has 1 heterocycles. The number of carbonyl (C=O) groups excluding carboxylic acids is 1. The minimum atomic E-state index is -0.414. The van der Waals surface area contributed by atoms with Gasteiger partial charge in [-0.3, -0.25) is 4.79 Å². The normalized spacial score (nSPS) is 20.1. The first kappa shape index (κ1) is 12.5. The lowest BCUT2D eigenvalue weighted by molar-refractivity contribution is -0.139. The van der Waals surface area contributed by atoms with Gasteiger partial charge in [0.1, 0.15) is 0 Å². The standard InChI is InChI=1S/C11H23N3O/c1-11(2,9-12)10(15)14-6-4-5-13(3)7-8-14/h4-9,12H2,1-3H3. The summed E-state index contributed by atoms with van der Waals surface area (Å²) in [6.07, 6.45) is 1.06. The lowest BCUT2D eigenvalue weighted by Gasteiger charge is -2.30. The molecule has 0 radical (unpaired) electrons. The van der Waals surface area contributed by atoms with Crippen LogP contribution in [0.15, 0.2) is 0 Å². The zero-order chi connectivity index (χ0) is 11.5. The molecule has 0 spiro atoms. The Kier molecular flexibility index (Phi) is 4.11. The summed E-state index contributed by atoms with van der Waals surface area (Å²) in [5, 5.41) is 0. The molecule has 1 saturated heterocycles. The molecule has 1 rings (SSSR count). The molecule has 0 unspecified atom stereocenters. The lowest BCUT2D eigenvalue weighted by Crippen LogP contribution is -2.45. The number of carbonyl (C=O) groups is 1. The van der Waals surface area contributed by atoms with E-state index in [1.54, 1.807) is 0 Å². The summed E-state index contributed by atoms with van der Waals surface area (Å²) in [5.74, 6) is 0.195. The van der Waals surface area contributed by atoms with Gasteiger partial charge in [0.2, 0.25) is 5.91 Å². The number of rotatable bonds is 2. The van der Waals surface area contributed by atoms with E-state index in [2.05, 4.69) is 11.9 Å². The molecule has 0 aliphatic carbocycles. The molecule has 1 aliphatic heterocycles. The van der Waals surface area contributed by atoms with Gasteiger partial charge in [-0.25, -0.2) is 0 Å². The van der Waals surface area contributed by atoms with Crippen LogP contribution in [0.4, 0.5) is 0 Å². The maximum absolute atomic E-state index is 12.1. The highest BCUT2D eigenvalue weighted by molar-refractivity contribution is 5.82. The van der Waals surface area contributed by atoms with Gasteiger partial charge in [-0.15, -0.1) is 0 Å². The Morgan fingerprint density at radius 1 is 1.27 bits per heavy atom. The third-order valence-electron chi connectivity index (χ3n) is 3.10. The van der Waals surface area contributed by atoms with Gasteiger partial charge in [0.25, 0.3) is 0 Å². The molecule has 0 aromatic rings. The van der Waals surface area contributed by atoms with Crippen molar-refractivity contribution in [1.29, 1.82) is 0 Å². The highest BCUT2D eigenvalue weighted by atomic mass is 16.2. The van der Waals surface area contributed by atoms with Crippen molar-refractivity contribution in [2.45, 2.75) is 20.3 Å². The van der Waals surface area contributed by atoms with Gasteiger partial charge in [0.15, 0.2) is 0 Å². The number of hydrogen-bond donors (Lipinski definition) is 1. The predicted octanol–water partition coefficient (Wildman–Crippen LogP) is 0.135. The molecule has 0 aromatic heterocycles. The van der Waals surface area contributed by atoms with Crippen LogP contribution < -0.4 is 5.73 Å². The smallest absolute Gasteiger partial charge is 0.229 e. The molecular weight excluding hydrogens is 190 g/mol. The van der Waals surface area contributed by atoms with E-state index in [9.17, 15) is 4.79 Å². The number of nitrogens with zero attached hydrogens (tertiary/aromatic N) is 2. The van der Waals surface area contributed by atoms with Gasteiger partial charge in [-0.05, 0) is 33.9 Å². The van der Waals surface area contributed by atoms with Crippen LogP contribution >= 0.6 is 0 Å². The van der Waals surface area contributed by atoms with Crippen LogP contribution in [0.5, 0.6) is 0 Å². The Morgan fingerprint density at radius 3 is 2.53 bits per heavy atom. The Morgan fingerprint density at radius 2 is 1.93 bits per heavy atom. The number of hydrogen-bond acceptors (Lipinski definition) is 3. The summed E-state index contributed by atoms with van der Waals surface area (Å²) in [6.45, 7) is 8.00. The molecule has 0 bridgehead atoms. The van der Waals surface area contributed by atoms with Gasteiger partial charge >= 0.3 is 0 Å². The Hall–Kier alpha value is -0.610. The second kappa shape index (κ2) is 4.94. The van der Waals surface area contributed by atoms with Crippen LogP contribution in [-0.4, -0.2) is 55.5 Å². The van der Waals surface area contributed by atoms with Gasteiger partial charge < -0.3 is 15.5 Å². The molecule has 1 amide bonds. The fourth-order valence-electron chi connectivity index (χ4n) is 1.76. The van der Waals surface area contributed by atoms with Crippen LogP contribution in [0.2, 0.25) is 0 Å². The predicted molar refractivity (Wildman–Crippen MR) is 61.5 cm³/mol. The molecule has 15 heavy (non-hydrogen) atoms. The highest BCUT2D eigenvalue weighted by Gasteiger charge is 2.31. The summed E-state index contributed by atoms with van der Waals surface area (Å²) in [5.41, 5.74) is 5.21. The van der Waals surface area contributed by atoms with E-state index in [1.807, 2.05) is 18.7 Å². The van der Waals surface area contributed by atoms with Crippen molar-refractivity contribution in [3.63, 3.8) is 0 Å². The van der Waals surface area contributed by atoms with E-state index in [1.165, 1.54) is 0 Å². The van der Waals surface area contributed by atoms with E-state index in [-0.39, 0.29) is 5.91 Å². The third kappa shape index (κ3) is 3.18. The molecule has 1 fully saturated rings. The molecule has 1 aliphatic rings. The fraction of sp³-hybridized carbons (Fsp3) is 0.909. The van der Waals surface area contributed by atoms with E-state index in [0.29, 0.717) is 6.54 Å². The summed E-state index contributed by atoms with van der Waals surface area (Å²) < 4.78 is 0. The van der Waals surface area contributed by atoms with Crippen LogP contribution in [0.3, 0.4) is 0 Å². The zero-order valence-corrected chi connectivity index (χ0v) is 10.1. The van der Waals surface area contributed by atoms with Crippen LogP contribution in [0, 0.1) is 5.41 Å². The maximum atomic E-state index is 12.1. The van der Waals surface area contributed by atoms with Crippen LogP contribution in [0.25, 0.3) is 0 Å². The minimum Gasteiger partial charge on any atom is -0.341 e. The molecule has 2 N–H and O–H groups in total. The first-order valence-electron chi connectivity index (χ1n) is 5.65. The monoisotopic (exact) mass is 213 g/mol. The van der Waals surface area contributed by atoms with E-state index in [0.717, 1.165) is 32.6 Å². The second-order valence-electron chi connectivity index (χ2n) is 5.04. The molecule has 88 valence electrons. The first-order valence-corrected chi connectivity index (χ1v) is 5.65. The summed E-state index contributed by atoms with van der Waals surface area (Å²) in [6, 6.07) is 0. The SMILES string of the molecule is CN1CCCN(C(=O)C(C)(C)CN)CC1. The van der Waals surface area contributed by atoms with Crippen molar-refractivity contribution < 1.29 is 4.79 Å². The average Bonchev–Trinajstić information content (AvgIpc) is 2.42. The molecule has 4 nitrogen and oxygen atoms in total. The van der Waals surface area contributed by atoms with Crippen LogP contribution in [-0.2, 0) is 4.79 Å². The molecular formula is C11H23N3O. The number of nitrogens with two attached hydrogens (primary N) is 1. The first-order chi connectivity index (χ1) is 6.97. The topological polar surface area (TPSA) is 49.6 Å². The lowest BCUT2D eigenvalue weighted by atomic mass is 9.92. The van der Waals surface area contributed by atoms with Crippen molar-refractivity contribution in [2.75, 3.05) is 39.8 Å². The largest absolute Gasteiger partial charge is 0.341 e. The Labute approximate surface area is 92.4 Å². The number of likely N-dealkylation sites (N-methyl/N-ethyl adjacent to an activating group) is 1. The van der Waals surface area contributed by atoms with Crippen molar-refractivity contribution in [1.82, 2.24) is 9.80 Å². The quantitative estimate of drug-likeness (QED) is 0.709. The molecule has 0 aromatic carbocycles. The molecule has 4 heteroatoms. The van der Waals surface area contributed by atoms with Crippen molar-refractivity contribution in [3.05, 3.63) is 0 Å². The Bertz CT molecular complexity index is 228. The van der Waals surface area contributed by atoms with Crippen molar-refractivity contribution >= 4 is 5.91 Å². The van der Waals surface area contributed by atoms with Crippen LogP contribution in [0.1, 0.15) is 20.3 Å². The zero-order valence-electron chi connectivity index (χ0n) is 10.1.